The minimum absolute atomic E-state index is 0.0917. The maximum Gasteiger partial charge on any atom is 0.240 e. The summed E-state index contributed by atoms with van der Waals surface area (Å²) < 4.78 is 2.00. The fourth-order valence-corrected chi connectivity index (χ4v) is 5.21. The van der Waals surface area contributed by atoms with Gasteiger partial charge in [-0.3, -0.25) is 14.2 Å². The SMILES string of the molecule is NC(=O)C1CCCCN1C(=O)CSc1nnc(Cc2cccs2)n1-c1ccccc1. The Balaban J connectivity index is 1.54. The first-order valence-corrected chi connectivity index (χ1v) is 11.7. The molecular formula is C21H23N5O2S2. The third-order valence-electron chi connectivity index (χ3n) is 5.10. The molecule has 4 rings (SSSR count). The van der Waals surface area contributed by atoms with Crippen molar-refractivity contribution in [2.24, 2.45) is 5.73 Å². The summed E-state index contributed by atoms with van der Waals surface area (Å²) in [7, 11) is 0. The third-order valence-corrected chi connectivity index (χ3v) is 6.89. The molecule has 0 spiro atoms. The van der Waals surface area contributed by atoms with Crippen LogP contribution in [0.2, 0.25) is 0 Å². The number of piperidine rings is 1. The number of carbonyl (C=O) groups excluding carboxylic acids is 2. The molecule has 0 aliphatic carbocycles. The van der Waals surface area contributed by atoms with Crippen LogP contribution in [0.5, 0.6) is 0 Å². The Kier molecular flexibility index (Phi) is 6.49. The van der Waals surface area contributed by atoms with Crippen molar-refractivity contribution in [1.29, 1.82) is 0 Å². The molecule has 0 saturated carbocycles. The average molecular weight is 442 g/mol. The number of nitrogens with zero attached hydrogens (tertiary/aromatic N) is 4. The van der Waals surface area contributed by atoms with Gasteiger partial charge in [0.25, 0.3) is 0 Å². The lowest BCUT2D eigenvalue weighted by Crippen LogP contribution is -2.51. The van der Waals surface area contributed by atoms with Crippen LogP contribution in [0.3, 0.4) is 0 Å². The molecule has 1 atom stereocenters. The fourth-order valence-electron chi connectivity index (χ4n) is 3.65. The predicted molar refractivity (Wildman–Crippen MR) is 118 cm³/mol. The van der Waals surface area contributed by atoms with E-state index in [0.29, 0.717) is 24.5 Å². The normalized spacial score (nSPS) is 16.5. The predicted octanol–water partition coefficient (Wildman–Crippen LogP) is 2.88. The van der Waals surface area contributed by atoms with Crippen molar-refractivity contribution in [2.75, 3.05) is 12.3 Å². The van der Waals surface area contributed by atoms with Crippen LogP contribution in [0.15, 0.2) is 53.0 Å². The van der Waals surface area contributed by atoms with E-state index < -0.39 is 11.9 Å². The zero-order valence-electron chi connectivity index (χ0n) is 16.4. The second-order valence-electron chi connectivity index (χ2n) is 7.12. The molecule has 9 heteroatoms. The van der Waals surface area contributed by atoms with E-state index in [4.69, 9.17) is 5.73 Å². The molecule has 2 aromatic heterocycles. The van der Waals surface area contributed by atoms with Crippen LogP contribution in [0.1, 0.15) is 30.0 Å². The number of para-hydroxylation sites is 1. The van der Waals surface area contributed by atoms with Crippen molar-refractivity contribution in [1.82, 2.24) is 19.7 Å². The molecule has 1 aliphatic heterocycles. The van der Waals surface area contributed by atoms with Gasteiger partial charge in [0.05, 0.1) is 5.75 Å². The van der Waals surface area contributed by atoms with Gasteiger partial charge < -0.3 is 10.6 Å². The number of nitrogens with two attached hydrogens (primary N) is 1. The summed E-state index contributed by atoms with van der Waals surface area (Å²) in [6.07, 6.45) is 3.12. The molecule has 0 bridgehead atoms. The molecule has 1 aromatic carbocycles. The Morgan fingerprint density at radius 2 is 1.97 bits per heavy atom. The Bertz CT molecular complexity index is 1000. The van der Waals surface area contributed by atoms with E-state index >= 15 is 0 Å². The zero-order chi connectivity index (χ0) is 20.9. The summed E-state index contributed by atoms with van der Waals surface area (Å²) in [6, 6.07) is 13.5. The highest BCUT2D eigenvalue weighted by Gasteiger charge is 2.30. The lowest BCUT2D eigenvalue weighted by Gasteiger charge is -2.33. The van der Waals surface area contributed by atoms with Gasteiger partial charge in [0.1, 0.15) is 11.9 Å². The van der Waals surface area contributed by atoms with Crippen molar-refractivity contribution in [3.8, 4) is 5.69 Å². The fraction of sp³-hybridized carbons (Fsp3) is 0.333. The number of thiophene rings is 1. The van der Waals surface area contributed by atoms with Gasteiger partial charge in [0.15, 0.2) is 5.16 Å². The number of likely N-dealkylation sites (tertiary alicyclic amines) is 1. The van der Waals surface area contributed by atoms with Crippen molar-refractivity contribution >= 4 is 34.9 Å². The Morgan fingerprint density at radius 1 is 1.13 bits per heavy atom. The van der Waals surface area contributed by atoms with Gasteiger partial charge in [-0.2, -0.15) is 0 Å². The first-order chi connectivity index (χ1) is 14.6. The number of rotatable bonds is 7. The molecule has 3 heterocycles. The summed E-state index contributed by atoms with van der Waals surface area (Å²) in [5, 5.41) is 11.5. The van der Waals surface area contributed by atoms with Crippen LogP contribution in [0.4, 0.5) is 0 Å². The number of hydrogen-bond donors (Lipinski definition) is 1. The van der Waals surface area contributed by atoms with Crippen molar-refractivity contribution in [2.45, 2.75) is 36.9 Å². The highest BCUT2D eigenvalue weighted by molar-refractivity contribution is 7.99. The molecule has 1 saturated heterocycles. The number of carbonyl (C=O) groups is 2. The maximum absolute atomic E-state index is 12.8. The lowest BCUT2D eigenvalue weighted by atomic mass is 10.0. The van der Waals surface area contributed by atoms with Gasteiger partial charge in [0, 0.05) is 23.5 Å². The molecule has 1 unspecified atom stereocenters. The van der Waals surface area contributed by atoms with Crippen molar-refractivity contribution < 1.29 is 9.59 Å². The summed E-state index contributed by atoms with van der Waals surface area (Å²) in [4.78, 5) is 27.4. The molecule has 2 N–H and O–H groups in total. The summed E-state index contributed by atoms with van der Waals surface area (Å²) >= 11 is 3.02. The van der Waals surface area contributed by atoms with Crippen molar-refractivity contribution in [3.63, 3.8) is 0 Å². The number of aromatic nitrogens is 3. The van der Waals surface area contributed by atoms with Crippen LogP contribution in [0.25, 0.3) is 5.69 Å². The van der Waals surface area contributed by atoms with Crippen LogP contribution in [-0.4, -0.2) is 49.8 Å². The van der Waals surface area contributed by atoms with Crippen LogP contribution < -0.4 is 5.73 Å². The molecule has 0 radical (unpaired) electrons. The molecule has 156 valence electrons. The van der Waals surface area contributed by atoms with E-state index in [1.54, 1.807) is 16.2 Å². The Hall–Kier alpha value is -2.65. The molecular weight excluding hydrogens is 418 g/mol. The standard InChI is InChI=1S/C21H23N5O2S2/c22-20(28)17-10-4-5-11-25(17)19(27)14-30-21-24-23-18(13-16-9-6-12-29-16)26(21)15-7-2-1-3-8-15/h1-3,6-9,12,17H,4-5,10-11,13-14H2,(H2,22,28). The van der Waals surface area contributed by atoms with Gasteiger partial charge >= 0.3 is 0 Å². The van der Waals surface area contributed by atoms with E-state index in [0.717, 1.165) is 24.4 Å². The summed E-state index contributed by atoms with van der Waals surface area (Å²) in [5.41, 5.74) is 6.46. The highest BCUT2D eigenvalue weighted by atomic mass is 32.2. The zero-order valence-corrected chi connectivity index (χ0v) is 18.1. The monoisotopic (exact) mass is 441 g/mol. The number of benzene rings is 1. The number of primary amides is 1. The molecule has 7 nitrogen and oxygen atoms in total. The van der Waals surface area contributed by atoms with Gasteiger partial charge in [-0.1, -0.05) is 36.0 Å². The molecule has 3 aromatic rings. The van der Waals surface area contributed by atoms with Crippen LogP contribution >= 0.6 is 23.1 Å². The van der Waals surface area contributed by atoms with E-state index in [-0.39, 0.29) is 11.7 Å². The van der Waals surface area contributed by atoms with Gasteiger partial charge in [-0.25, -0.2) is 0 Å². The second kappa shape index (κ2) is 9.44. The number of thioether (sulfide) groups is 1. The molecule has 1 fully saturated rings. The molecule has 2 amide bonds. The lowest BCUT2D eigenvalue weighted by molar-refractivity contribution is -0.138. The smallest absolute Gasteiger partial charge is 0.240 e. The van der Waals surface area contributed by atoms with Gasteiger partial charge in [-0.05, 0) is 42.8 Å². The Morgan fingerprint density at radius 3 is 2.70 bits per heavy atom. The van der Waals surface area contributed by atoms with Crippen LogP contribution in [0, 0.1) is 0 Å². The molecule has 30 heavy (non-hydrogen) atoms. The quantitative estimate of drug-likeness (QED) is 0.569. The largest absolute Gasteiger partial charge is 0.368 e. The summed E-state index contributed by atoms with van der Waals surface area (Å²) in [5.74, 6) is 0.490. The minimum atomic E-state index is -0.506. The first-order valence-electron chi connectivity index (χ1n) is 9.87. The maximum atomic E-state index is 12.8. The summed E-state index contributed by atoms with van der Waals surface area (Å²) in [6.45, 7) is 0.571. The first kappa shape index (κ1) is 20.6. The number of hydrogen-bond acceptors (Lipinski definition) is 6. The van der Waals surface area contributed by atoms with E-state index in [2.05, 4.69) is 16.3 Å². The Labute approximate surface area is 183 Å². The van der Waals surface area contributed by atoms with E-state index in [1.807, 2.05) is 46.3 Å². The third kappa shape index (κ3) is 4.57. The van der Waals surface area contributed by atoms with Gasteiger partial charge in [0.2, 0.25) is 11.8 Å². The topological polar surface area (TPSA) is 94.1 Å². The molecule has 1 aliphatic rings. The van der Waals surface area contributed by atoms with Gasteiger partial charge in [-0.15, -0.1) is 21.5 Å². The number of amides is 2. The van der Waals surface area contributed by atoms with Crippen molar-refractivity contribution in [3.05, 3.63) is 58.5 Å². The van der Waals surface area contributed by atoms with Crippen LogP contribution in [-0.2, 0) is 16.0 Å². The second-order valence-corrected chi connectivity index (χ2v) is 9.09. The average Bonchev–Trinajstić information content (AvgIpc) is 3.43. The minimum Gasteiger partial charge on any atom is -0.368 e. The van der Waals surface area contributed by atoms with E-state index in [9.17, 15) is 9.59 Å². The highest BCUT2D eigenvalue weighted by Crippen LogP contribution is 2.26. The van der Waals surface area contributed by atoms with E-state index in [1.165, 1.54) is 16.6 Å².